The molecule has 3 unspecified atom stereocenters. The number of nitrogens with one attached hydrogen (secondary N) is 1. The van der Waals surface area contributed by atoms with Crippen molar-refractivity contribution in [2.45, 2.75) is 72.3 Å². The predicted molar refractivity (Wildman–Crippen MR) is 79.1 cm³/mol. The Labute approximate surface area is 118 Å². The highest BCUT2D eigenvalue weighted by Gasteiger charge is 2.33. The highest BCUT2D eigenvalue weighted by molar-refractivity contribution is 5.67. The topological polar surface area (TPSA) is 38.3 Å². The molecule has 1 aliphatic rings. The summed E-state index contributed by atoms with van der Waals surface area (Å²) in [6.07, 6.45) is 6.73. The Morgan fingerprint density at radius 2 is 2.05 bits per heavy atom. The summed E-state index contributed by atoms with van der Waals surface area (Å²) >= 11 is 0. The van der Waals surface area contributed by atoms with Gasteiger partial charge < -0.3 is 10.1 Å². The first-order valence-corrected chi connectivity index (χ1v) is 7.99. The molecule has 0 heterocycles. The van der Waals surface area contributed by atoms with Crippen molar-refractivity contribution in [3.63, 3.8) is 0 Å². The van der Waals surface area contributed by atoms with Crippen LogP contribution in [0, 0.1) is 17.8 Å². The van der Waals surface area contributed by atoms with Gasteiger partial charge in [0, 0.05) is 6.54 Å². The lowest BCUT2D eigenvalue weighted by Gasteiger charge is -2.36. The van der Waals surface area contributed by atoms with Gasteiger partial charge in [0.1, 0.15) is 6.10 Å². The molecule has 1 fully saturated rings. The Balaban J connectivity index is 2.36. The molecule has 3 atom stereocenters. The molecule has 0 bridgehead atoms. The second-order valence-corrected chi connectivity index (χ2v) is 6.40. The number of unbranched alkanes of at least 4 members (excludes halogenated alkanes) is 2. The highest BCUT2D eigenvalue weighted by atomic mass is 16.6. The Hall–Kier alpha value is -0.730. The number of amides is 1. The number of hydrogen-bond acceptors (Lipinski definition) is 2. The number of carbonyl (C=O) groups is 1. The average Bonchev–Trinajstić information content (AvgIpc) is 2.34. The van der Waals surface area contributed by atoms with Crippen molar-refractivity contribution < 1.29 is 9.53 Å². The summed E-state index contributed by atoms with van der Waals surface area (Å²) in [6, 6.07) is 0. The fraction of sp³-hybridized carbons (Fsp3) is 0.938. The molecule has 0 aromatic carbocycles. The normalized spacial score (nSPS) is 27.3. The zero-order chi connectivity index (χ0) is 14.3. The van der Waals surface area contributed by atoms with Crippen molar-refractivity contribution in [1.29, 1.82) is 0 Å². The van der Waals surface area contributed by atoms with E-state index in [2.05, 4.69) is 33.0 Å². The molecule has 3 nitrogen and oxygen atoms in total. The molecule has 1 N–H and O–H groups in total. The largest absolute Gasteiger partial charge is 0.446 e. The van der Waals surface area contributed by atoms with Crippen molar-refractivity contribution in [2.75, 3.05) is 6.54 Å². The minimum absolute atomic E-state index is 0.106. The molecule has 19 heavy (non-hydrogen) atoms. The van der Waals surface area contributed by atoms with E-state index in [9.17, 15) is 4.79 Å². The fourth-order valence-corrected chi connectivity index (χ4v) is 2.99. The maximum atomic E-state index is 11.8. The molecule has 1 amide bonds. The summed E-state index contributed by atoms with van der Waals surface area (Å²) < 4.78 is 5.67. The number of alkyl carbamates (subject to hydrolysis) is 1. The number of hydrogen-bond donors (Lipinski definition) is 1. The van der Waals surface area contributed by atoms with Gasteiger partial charge in [-0.25, -0.2) is 4.79 Å². The SMILES string of the molecule is CCCCCNC(=O)OC1CC(C)CCC1C(C)C. The Kier molecular flexibility index (Phi) is 7.25. The van der Waals surface area contributed by atoms with Crippen LogP contribution in [0.15, 0.2) is 0 Å². The molecule has 1 aliphatic carbocycles. The molecule has 0 aromatic heterocycles. The molecular formula is C16H31NO2. The fourth-order valence-electron chi connectivity index (χ4n) is 2.99. The lowest BCUT2D eigenvalue weighted by atomic mass is 9.75. The second-order valence-electron chi connectivity index (χ2n) is 6.40. The third kappa shape index (κ3) is 5.84. The monoisotopic (exact) mass is 269 g/mol. The summed E-state index contributed by atoms with van der Waals surface area (Å²) in [6.45, 7) is 9.62. The van der Waals surface area contributed by atoms with Crippen LogP contribution in [0.2, 0.25) is 0 Å². The van der Waals surface area contributed by atoms with Gasteiger partial charge in [0.05, 0.1) is 0 Å². The van der Waals surface area contributed by atoms with Gasteiger partial charge in [0.15, 0.2) is 0 Å². The van der Waals surface area contributed by atoms with Crippen molar-refractivity contribution in [3.8, 4) is 0 Å². The first kappa shape index (κ1) is 16.3. The van der Waals surface area contributed by atoms with E-state index in [4.69, 9.17) is 4.74 Å². The van der Waals surface area contributed by atoms with Crippen LogP contribution in [0.1, 0.15) is 66.2 Å². The molecule has 0 aromatic rings. The Bertz CT molecular complexity index is 265. The lowest BCUT2D eigenvalue weighted by Crippen LogP contribution is -2.39. The minimum Gasteiger partial charge on any atom is -0.446 e. The van der Waals surface area contributed by atoms with Gasteiger partial charge in [-0.15, -0.1) is 0 Å². The van der Waals surface area contributed by atoms with Gasteiger partial charge in [-0.3, -0.25) is 0 Å². The van der Waals surface area contributed by atoms with E-state index < -0.39 is 0 Å². The van der Waals surface area contributed by atoms with E-state index in [1.54, 1.807) is 0 Å². The van der Waals surface area contributed by atoms with Crippen molar-refractivity contribution >= 4 is 6.09 Å². The van der Waals surface area contributed by atoms with Gasteiger partial charge in [0.25, 0.3) is 0 Å². The summed E-state index contributed by atoms with van der Waals surface area (Å²) in [5.74, 6) is 1.79. The van der Waals surface area contributed by atoms with E-state index in [1.807, 2.05) is 0 Å². The molecule has 0 spiro atoms. The smallest absolute Gasteiger partial charge is 0.407 e. The first-order chi connectivity index (χ1) is 9.04. The molecule has 1 saturated carbocycles. The molecule has 0 saturated heterocycles. The summed E-state index contributed by atoms with van der Waals surface area (Å²) in [5.41, 5.74) is 0. The number of ether oxygens (including phenoxy) is 1. The van der Waals surface area contributed by atoms with E-state index in [1.165, 1.54) is 19.3 Å². The summed E-state index contributed by atoms with van der Waals surface area (Å²) in [5, 5.41) is 2.88. The van der Waals surface area contributed by atoms with Crippen molar-refractivity contribution in [3.05, 3.63) is 0 Å². The number of carbonyl (C=O) groups excluding carboxylic acids is 1. The van der Waals surface area contributed by atoms with Crippen LogP contribution in [0.25, 0.3) is 0 Å². The Morgan fingerprint density at radius 3 is 2.68 bits per heavy atom. The molecule has 0 radical (unpaired) electrons. The van der Waals surface area contributed by atoms with Crippen LogP contribution >= 0.6 is 0 Å². The van der Waals surface area contributed by atoms with Gasteiger partial charge in [-0.1, -0.05) is 47.0 Å². The van der Waals surface area contributed by atoms with Crippen LogP contribution in [0.4, 0.5) is 4.79 Å². The zero-order valence-corrected chi connectivity index (χ0v) is 13.1. The summed E-state index contributed by atoms with van der Waals surface area (Å²) in [4.78, 5) is 11.8. The predicted octanol–water partition coefficient (Wildman–Crippen LogP) is 4.36. The molecule has 112 valence electrons. The first-order valence-electron chi connectivity index (χ1n) is 7.99. The van der Waals surface area contributed by atoms with Crippen molar-refractivity contribution in [2.24, 2.45) is 17.8 Å². The maximum absolute atomic E-state index is 11.8. The molecular weight excluding hydrogens is 238 g/mol. The van der Waals surface area contributed by atoms with Gasteiger partial charge in [-0.2, -0.15) is 0 Å². The zero-order valence-electron chi connectivity index (χ0n) is 13.1. The maximum Gasteiger partial charge on any atom is 0.407 e. The van der Waals surface area contributed by atoms with Crippen LogP contribution < -0.4 is 5.32 Å². The standard InChI is InChI=1S/C16H31NO2/c1-5-6-7-10-17-16(18)19-15-11-13(4)8-9-14(15)12(2)3/h12-15H,5-11H2,1-4H3,(H,17,18). The lowest BCUT2D eigenvalue weighted by molar-refractivity contribution is 0.00623. The molecule has 1 rings (SSSR count). The number of rotatable bonds is 6. The van der Waals surface area contributed by atoms with Crippen molar-refractivity contribution in [1.82, 2.24) is 5.32 Å². The second kappa shape index (κ2) is 8.44. The minimum atomic E-state index is -0.221. The Morgan fingerprint density at radius 1 is 1.32 bits per heavy atom. The average molecular weight is 269 g/mol. The van der Waals surface area contributed by atoms with Gasteiger partial charge >= 0.3 is 6.09 Å². The van der Waals surface area contributed by atoms with Crippen LogP contribution in [0.3, 0.4) is 0 Å². The van der Waals surface area contributed by atoms with E-state index in [0.29, 0.717) is 17.8 Å². The highest BCUT2D eigenvalue weighted by Crippen LogP contribution is 2.35. The van der Waals surface area contributed by atoms with Crippen LogP contribution in [0.5, 0.6) is 0 Å². The third-order valence-corrected chi connectivity index (χ3v) is 4.27. The molecule has 0 aliphatic heterocycles. The van der Waals surface area contributed by atoms with E-state index in [0.717, 1.165) is 25.8 Å². The summed E-state index contributed by atoms with van der Waals surface area (Å²) in [7, 11) is 0. The van der Waals surface area contributed by atoms with E-state index >= 15 is 0 Å². The van der Waals surface area contributed by atoms with Gasteiger partial charge in [0.2, 0.25) is 0 Å². The van der Waals surface area contributed by atoms with Crippen LogP contribution in [-0.2, 0) is 4.74 Å². The quantitative estimate of drug-likeness (QED) is 0.727. The van der Waals surface area contributed by atoms with E-state index in [-0.39, 0.29) is 12.2 Å². The molecule has 3 heteroatoms. The third-order valence-electron chi connectivity index (χ3n) is 4.27. The van der Waals surface area contributed by atoms with Gasteiger partial charge in [-0.05, 0) is 37.0 Å². The van der Waals surface area contributed by atoms with Crippen LogP contribution in [-0.4, -0.2) is 18.7 Å².